The van der Waals surface area contributed by atoms with Crippen LogP contribution >= 0.6 is 0 Å². The van der Waals surface area contributed by atoms with Crippen molar-refractivity contribution in [2.24, 2.45) is 0 Å². The van der Waals surface area contributed by atoms with Crippen LogP contribution < -0.4 is 4.74 Å². The molecule has 0 radical (unpaired) electrons. The highest BCUT2D eigenvalue weighted by atomic mass is 16.5. The van der Waals surface area contributed by atoms with Crippen LogP contribution in [0.15, 0.2) is 30.5 Å². The van der Waals surface area contributed by atoms with Crippen molar-refractivity contribution in [3.05, 3.63) is 36.0 Å². The summed E-state index contributed by atoms with van der Waals surface area (Å²) in [7, 11) is 1.38. The molecule has 0 atom stereocenters. The molecule has 0 aliphatic carbocycles. The molecule has 0 spiro atoms. The van der Waals surface area contributed by atoms with Crippen LogP contribution in [-0.2, 0) is 0 Å². The number of carbonyl (C=O) groups is 1. The van der Waals surface area contributed by atoms with Crippen molar-refractivity contribution in [2.75, 3.05) is 7.11 Å². The van der Waals surface area contributed by atoms with E-state index in [-0.39, 0.29) is 17.2 Å². The Bertz CT molecular complexity index is 545. The summed E-state index contributed by atoms with van der Waals surface area (Å²) >= 11 is 0. The predicted molar refractivity (Wildman–Crippen MR) is 58.7 cm³/mol. The predicted octanol–water partition coefficient (Wildman–Crippen LogP) is 1.28. The smallest absolute Gasteiger partial charge is 0.342 e. The van der Waals surface area contributed by atoms with Crippen LogP contribution in [0.4, 0.5) is 0 Å². The van der Waals surface area contributed by atoms with Crippen LogP contribution in [0.1, 0.15) is 10.4 Å². The summed E-state index contributed by atoms with van der Waals surface area (Å²) in [6.07, 6.45) is 1.22. The first kappa shape index (κ1) is 11.0. The lowest BCUT2D eigenvalue weighted by atomic mass is 10.3. The van der Waals surface area contributed by atoms with E-state index in [1.54, 1.807) is 12.1 Å². The Morgan fingerprint density at radius 1 is 1.35 bits per heavy atom. The van der Waals surface area contributed by atoms with Crippen LogP contribution in [0.25, 0.3) is 5.69 Å². The molecule has 0 unspecified atom stereocenters. The van der Waals surface area contributed by atoms with Gasteiger partial charge in [0, 0.05) is 0 Å². The summed E-state index contributed by atoms with van der Waals surface area (Å²) in [4.78, 5) is 10.9. The SMILES string of the molecule is COc1c(C(=O)O)cnn1-c1ccc(O)cc1. The molecule has 0 fully saturated rings. The van der Waals surface area contributed by atoms with E-state index in [9.17, 15) is 4.79 Å². The largest absolute Gasteiger partial charge is 0.508 e. The lowest BCUT2D eigenvalue weighted by Crippen LogP contribution is -2.03. The van der Waals surface area contributed by atoms with E-state index in [1.165, 1.54) is 30.1 Å². The van der Waals surface area contributed by atoms with Crippen LogP contribution in [0.2, 0.25) is 0 Å². The number of methoxy groups -OCH3 is 1. The van der Waals surface area contributed by atoms with E-state index < -0.39 is 5.97 Å². The molecule has 17 heavy (non-hydrogen) atoms. The molecule has 2 rings (SSSR count). The molecule has 6 heteroatoms. The quantitative estimate of drug-likeness (QED) is 0.835. The minimum Gasteiger partial charge on any atom is -0.508 e. The fraction of sp³-hybridized carbons (Fsp3) is 0.0909. The Balaban J connectivity index is 2.52. The number of aromatic hydroxyl groups is 1. The fourth-order valence-electron chi connectivity index (χ4n) is 1.46. The Kier molecular flexibility index (Phi) is 2.70. The average Bonchev–Trinajstić information content (AvgIpc) is 2.73. The molecule has 0 aliphatic rings. The van der Waals surface area contributed by atoms with Crippen molar-refractivity contribution in [2.45, 2.75) is 0 Å². The number of phenolic OH excluding ortho intramolecular Hbond substituents is 1. The summed E-state index contributed by atoms with van der Waals surface area (Å²) in [5.41, 5.74) is 0.590. The van der Waals surface area contributed by atoms with Gasteiger partial charge in [-0.15, -0.1) is 0 Å². The number of hydrogen-bond donors (Lipinski definition) is 2. The summed E-state index contributed by atoms with van der Waals surface area (Å²) in [5, 5.41) is 22.0. The third-order valence-corrected chi connectivity index (χ3v) is 2.24. The number of benzene rings is 1. The van der Waals surface area contributed by atoms with Crippen molar-refractivity contribution in [1.29, 1.82) is 0 Å². The number of ether oxygens (including phenoxy) is 1. The van der Waals surface area contributed by atoms with Gasteiger partial charge in [0.25, 0.3) is 0 Å². The van der Waals surface area contributed by atoms with Crippen molar-refractivity contribution in [3.8, 4) is 17.3 Å². The number of phenols is 1. The van der Waals surface area contributed by atoms with Crippen molar-refractivity contribution in [3.63, 3.8) is 0 Å². The van der Waals surface area contributed by atoms with Gasteiger partial charge in [0.05, 0.1) is 19.0 Å². The number of carboxylic acid groups (broad SMARTS) is 1. The van der Waals surface area contributed by atoms with Gasteiger partial charge in [-0.2, -0.15) is 5.10 Å². The molecular formula is C11H10N2O4. The van der Waals surface area contributed by atoms with Gasteiger partial charge >= 0.3 is 5.97 Å². The maximum Gasteiger partial charge on any atom is 0.342 e. The number of hydrogen-bond acceptors (Lipinski definition) is 4. The van der Waals surface area contributed by atoms with Crippen LogP contribution in [0.3, 0.4) is 0 Å². The minimum atomic E-state index is -1.10. The first-order valence-electron chi connectivity index (χ1n) is 4.78. The molecule has 0 bridgehead atoms. The van der Waals surface area contributed by atoms with E-state index in [2.05, 4.69) is 5.10 Å². The highest BCUT2D eigenvalue weighted by Crippen LogP contribution is 2.23. The summed E-state index contributed by atoms with van der Waals surface area (Å²) < 4.78 is 6.37. The van der Waals surface area contributed by atoms with E-state index in [4.69, 9.17) is 14.9 Å². The standard InChI is InChI=1S/C11H10N2O4/c1-17-10-9(11(15)16)6-12-13(10)7-2-4-8(14)5-3-7/h2-6,14H,1H3,(H,15,16). The van der Waals surface area contributed by atoms with Gasteiger partial charge in [-0.3, -0.25) is 0 Å². The zero-order valence-corrected chi connectivity index (χ0v) is 8.99. The molecule has 0 amide bonds. The van der Waals surface area contributed by atoms with E-state index in [0.29, 0.717) is 5.69 Å². The number of aromatic carboxylic acids is 1. The van der Waals surface area contributed by atoms with Gasteiger partial charge in [0.1, 0.15) is 11.3 Å². The first-order valence-corrected chi connectivity index (χ1v) is 4.78. The van der Waals surface area contributed by atoms with E-state index >= 15 is 0 Å². The van der Waals surface area contributed by atoms with Gasteiger partial charge in [0.2, 0.25) is 5.88 Å². The normalized spacial score (nSPS) is 10.2. The third-order valence-electron chi connectivity index (χ3n) is 2.24. The number of aromatic nitrogens is 2. The van der Waals surface area contributed by atoms with Crippen LogP contribution in [-0.4, -0.2) is 33.1 Å². The number of carboxylic acids is 1. The number of rotatable bonds is 3. The number of nitrogens with zero attached hydrogens (tertiary/aromatic N) is 2. The van der Waals surface area contributed by atoms with Gasteiger partial charge in [-0.25, -0.2) is 9.48 Å². The Labute approximate surface area is 96.7 Å². The Hall–Kier alpha value is -2.50. The first-order chi connectivity index (χ1) is 8.13. The molecule has 0 saturated carbocycles. The van der Waals surface area contributed by atoms with Gasteiger partial charge in [-0.1, -0.05) is 0 Å². The van der Waals surface area contributed by atoms with Gasteiger partial charge < -0.3 is 14.9 Å². The third kappa shape index (κ3) is 1.92. The molecule has 1 aromatic heterocycles. The molecule has 1 heterocycles. The van der Waals surface area contributed by atoms with Crippen LogP contribution in [0.5, 0.6) is 11.6 Å². The highest BCUT2D eigenvalue weighted by molar-refractivity contribution is 5.90. The van der Waals surface area contributed by atoms with Crippen LogP contribution in [0, 0.1) is 0 Å². The zero-order chi connectivity index (χ0) is 12.4. The summed E-state index contributed by atoms with van der Waals surface area (Å²) in [6.45, 7) is 0. The van der Waals surface area contributed by atoms with Gasteiger partial charge in [-0.05, 0) is 24.3 Å². The molecule has 0 saturated heterocycles. The topological polar surface area (TPSA) is 84.6 Å². The monoisotopic (exact) mass is 234 g/mol. The maximum atomic E-state index is 10.9. The van der Waals surface area contributed by atoms with Gasteiger partial charge in [0.15, 0.2) is 0 Å². The second kappa shape index (κ2) is 4.17. The molecule has 6 nitrogen and oxygen atoms in total. The van der Waals surface area contributed by atoms with Crippen molar-refractivity contribution in [1.82, 2.24) is 9.78 Å². The Morgan fingerprint density at radius 2 is 2.00 bits per heavy atom. The summed E-state index contributed by atoms with van der Waals surface area (Å²) in [6, 6.07) is 6.18. The summed E-state index contributed by atoms with van der Waals surface area (Å²) in [5.74, 6) is -0.839. The van der Waals surface area contributed by atoms with E-state index in [1.807, 2.05) is 0 Å². The molecule has 2 aromatic rings. The lowest BCUT2D eigenvalue weighted by Gasteiger charge is -2.06. The molecule has 1 aromatic carbocycles. The highest BCUT2D eigenvalue weighted by Gasteiger charge is 2.18. The molecular weight excluding hydrogens is 224 g/mol. The molecule has 88 valence electrons. The second-order valence-electron chi connectivity index (χ2n) is 3.30. The minimum absolute atomic E-state index is 0.0134. The lowest BCUT2D eigenvalue weighted by molar-refractivity contribution is 0.0693. The zero-order valence-electron chi connectivity index (χ0n) is 8.99. The Morgan fingerprint density at radius 3 is 2.53 bits per heavy atom. The van der Waals surface area contributed by atoms with E-state index in [0.717, 1.165) is 0 Å². The maximum absolute atomic E-state index is 10.9. The van der Waals surface area contributed by atoms with Crippen molar-refractivity contribution < 1.29 is 19.7 Å². The average molecular weight is 234 g/mol. The van der Waals surface area contributed by atoms with Crippen molar-refractivity contribution >= 4 is 5.97 Å². The second-order valence-corrected chi connectivity index (χ2v) is 3.30. The molecule has 2 N–H and O–H groups in total. The molecule has 0 aliphatic heterocycles. The fourth-order valence-corrected chi connectivity index (χ4v) is 1.46.